The molecule has 1 aliphatic rings. The highest BCUT2D eigenvalue weighted by atomic mass is 35.5. The van der Waals surface area contributed by atoms with E-state index in [1.807, 2.05) is 13.8 Å². The third kappa shape index (κ3) is 4.59. The van der Waals surface area contributed by atoms with Crippen LogP contribution in [0.1, 0.15) is 44.5 Å². The van der Waals surface area contributed by atoms with E-state index >= 15 is 0 Å². The molecular formula is C23H23ClF3N9O. The summed E-state index contributed by atoms with van der Waals surface area (Å²) in [7, 11) is 0. The first-order valence-corrected chi connectivity index (χ1v) is 12.0. The van der Waals surface area contributed by atoms with Gasteiger partial charge in [0.15, 0.2) is 11.5 Å². The van der Waals surface area contributed by atoms with Crippen molar-refractivity contribution >= 4 is 23.5 Å². The molecule has 0 atom stereocenters. The zero-order valence-electron chi connectivity index (χ0n) is 20.2. The molecule has 4 aromatic rings. The predicted molar refractivity (Wildman–Crippen MR) is 129 cm³/mol. The zero-order valence-corrected chi connectivity index (χ0v) is 21.0. The van der Waals surface area contributed by atoms with Gasteiger partial charge in [0.2, 0.25) is 17.7 Å². The summed E-state index contributed by atoms with van der Waals surface area (Å²) >= 11 is 6.36. The Morgan fingerprint density at radius 3 is 2.59 bits per heavy atom. The molecule has 0 saturated carbocycles. The van der Waals surface area contributed by atoms with Crippen LogP contribution >= 0.6 is 11.6 Å². The molecule has 14 heteroatoms. The number of hydrogen-bond acceptors (Lipinski definition) is 6. The highest BCUT2D eigenvalue weighted by Crippen LogP contribution is 2.32. The molecule has 0 aliphatic carbocycles. The first-order chi connectivity index (χ1) is 17.6. The van der Waals surface area contributed by atoms with E-state index in [0.29, 0.717) is 46.8 Å². The van der Waals surface area contributed by atoms with Crippen LogP contribution in [-0.4, -0.2) is 45.0 Å². The summed E-state index contributed by atoms with van der Waals surface area (Å²) in [6.45, 7) is 6.51. The Labute approximate surface area is 214 Å². The number of hydrogen-bond donors (Lipinski definition) is 0. The minimum atomic E-state index is -4.55. The quantitative estimate of drug-likeness (QED) is 0.359. The number of carbonyl (C=O) groups is 1. The molecule has 37 heavy (non-hydrogen) atoms. The maximum atomic E-state index is 13.1. The van der Waals surface area contributed by atoms with Gasteiger partial charge in [-0.25, -0.2) is 9.67 Å². The Bertz CT molecular complexity index is 1450. The number of aryl methyl sites for hydroxylation is 2. The molecule has 0 aromatic carbocycles. The summed E-state index contributed by atoms with van der Waals surface area (Å²) in [5, 5.41) is 9.27. The fourth-order valence-corrected chi connectivity index (χ4v) is 4.38. The molecular weight excluding hydrogens is 511 g/mol. The van der Waals surface area contributed by atoms with Gasteiger partial charge in [-0.15, -0.1) is 5.10 Å². The highest BCUT2D eigenvalue weighted by molar-refractivity contribution is 6.32. The summed E-state index contributed by atoms with van der Waals surface area (Å²) in [5.41, 5.74) is 0.573. The third-order valence-corrected chi connectivity index (χ3v) is 6.26. The number of imidazole rings is 1. The predicted octanol–water partition coefficient (Wildman–Crippen LogP) is 4.61. The normalized spacial score (nSPS) is 14.1. The Hall–Kier alpha value is -3.74. The molecule has 0 fully saturated rings. The molecule has 0 unspecified atom stereocenters. The molecule has 5 heterocycles. The molecule has 0 bridgehead atoms. The number of nitrogens with zero attached hydrogens (tertiary/aromatic N) is 9. The summed E-state index contributed by atoms with van der Waals surface area (Å²) in [6, 6.07) is 3.33. The van der Waals surface area contributed by atoms with Gasteiger partial charge < -0.3 is 4.57 Å². The lowest BCUT2D eigenvalue weighted by atomic mass is 10.2. The van der Waals surface area contributed by atoms with E-state index in [1.54, 1.807) is 28.4 Å². The summed E-state index contributed by atoms with van der Waals surface area (Å²) in [4.78, 5) is 27.0. The van der Waals surface area contributed by atoms with Gasteiger partial charge >= 0.3 is 6.18 Å². The largest absolute Gasteiger partial charge is 0.434 e. The van der Waals surface area contributed by atoms with Crippen molar-refractivity contribution in [2.75, 3.05) is 4.90 Å². The van der Waals surface area contributed by atoms with Crippen LogP contribution in [0.2, 0.25) is 5.02 Å². The van der Waals surface area contributed by atoms with Crippen molar-refractivity contribution in [3.05, 3.63) is 47.0 Å². The number of halogens is 4. The number of aromatic nitrogens is 8. The lowest BCUT2D eigenvalue weighted by Gasteiger charge is -2.25. The SMILES string of the molecule is CCn1cc(C(F)(F)F)nc1-c1ccc(CN2C(=O)CCn3nc(-c4c(Cl)cnn4C(C)C)nc32)cn1. The Balaban J connectivity index is 1.43. The molecule has 1 amide bonds. The Kier molecular flexibility index (Phi) is 6.26. The summed E-state index contributed by atoms with van der Waals surface area (Å²) < 4.78 is 44.2. The van der Waals surface area contributed by atoms with Gasteiger partial charge in [0, 0.05) is 31.4 Å². The second-order valence-corrected chi connectivity index (χ2v) is 9.26. The monoisotopic (exact) mass is 533 g/mol. The van der Waals surface area contributed by atoms with E-state index < -0.39 is 11.9 Å². The van der Waals surface area contributed by atoms with Gasteiger partial charge in [-0.2, -0.15) is 23.3 Å². The number of fused-ring (bicyclic) bond motifs is 1. The van der Waals surface area contributed by atoms with E-state index in [9.17, 15) is 18.0 Å². The van der Waals surface area contributed by atoms with Crippen molar-refractivity contribution in [3.8, 4) is 23.0 Å². The molecule has 0 radical (unpaired) electrons. The summed E-state index contributed by atoms with van der Waals surface area (Å²) in [6.07, 6.45) is -0.276. The van der Waals surface area contributed by atoms with Crippen molar-refractivity contribution in [2.24, 2.45) is 0 Å². The summed E-state index contributed by atoms with van der Waals surface area (Å²) in [5.74, 6) is 0.735. The number of rotatable bonds is 6. The Morgan fingerprint density at radius 1 is 1.16 bits per heavy atom. The molecule has 5 rings (SSSR count). The maximum Gasteiger partial charge on any atom is 0.434 e. The van der Waals surface area contributed by atoms with Crippen LogP contribution in [0.4, 0.5) is 19.1 Å². The fraction of sp³-hybridized carbons (Fsp3) is 0.391. The van der Waals surface area contributed by atoms with Gasteiger partial charge in [-0.05, 0) is 32.4 Å². The first kappa shape index (κ1) is 24.9. The zero-order chi connectivity index (χ0) is 26.5. The van der Waals surface area contributed by atoms with Gasteiger partial charge in [0.1, 0.15) is 11.4 Å². The van der Waals surface area contributed by atoms with Crippen LogP contribution in [0.5, 0.6) is 0 Å². The van der Waals surface area contributed by atoms with Crippen molar-refractivity contribution < 1.29 is 18.0 Å². The van der Waals surface area contributed by atoms with Gasteiger partial charge in [-0.1, -0.05) is 17.7 Å². The molecule has 0 spiro atoms. The second kappa shape index (κ2) is 9.29. The van der Waals surface area contributed by atoms with E-state index in [0.717, 1.165) is 6.20 Å². The van der Waals surface area contributed by atoms with Crippen LogP contribution in [0.3, 0.4) is 0 Å². The highest BCUT2D eigenvalue weighted by Gasteiger charge is 2.35. The van der Waals surface area contributed by atoms with Gasteiger partial charge in [-0.3, -0.25) is 19.4 Å². The van der Waals surface area contributed by atoms with Crippen LogP contribution in [-0.2, 0) is 30.6 Å². The number of carbonyl (C=O) groups excluding carboxylic acids is 1. The topological polar surface area (TPSA) is 99.6 Å². The number of alkyl halides is 3. The molecule has 1 aliphatic heterocycles. The van der Waals surface area contributed by atoms with Crippen molar-refractivity contribution in [1.82, 2.24) is 39.1 Å². The van der Waals surface area contributed by atoms with Crippen molar-refractivity contribution in [2.45, 2.75) is 59.0 Å². The van der Waals surface area contributed by atoms with Crippen molar-refractivity contribution in [1.29, 1.82) is 0 Å². The number of amides is 1. The average Bonchev–Trinajstić information content (AvgIpc) is 3.57. The van der Waals surface area contributed by atoms with E-state index in [4.69, 9.17) is 11.6 Å². The van der Waals surface area contributed by atoms with Crippen LogP contribution < -0.4 is 4.90 Å². The number of anilines is 1. The van der Waals surface area contributed by atoms with Crippen LogP contribution in [0.15, 0.2) is 30.7 Å². The first-order valence-electron chi connectivity index (χ1n) is 11.6. The molecule has 0 N–H and O–H groups in total. The molecule has 4 aromatic heterocycles. The lowest BCUT2D eigenvalue weighted by molar-refractivity contribution is -0.140. The lowest BCUT2D eigenvalue weighted by Crippen LogP contribution is -2.37. The van der Waals surface area contributed by atoms with E-state index in [-0.39, 0.29) is 30.7 Å². The standard InChI is InChI=1S/C23H23ClF3N9O/c1-4-33-12-17(23(25,26)27)30-21(33)16-6-5-14(9-28-16)11-34-18(37)7-8-35-22(34)31-20(32-35)19-15(24)10-29-36(19)13(2)3/h5-6,9-10,12-13H,4,7-8,11H2,1-3H3. The second-order valence-electron chi connectivity index (χ2n) is 8.85. The third-order valence-electron chi connectivity index (χ3n) is 5.99. The fourth-order valence-electron chi connectivity index (χ4n) is 4.16. The van der Waals surface area contributed by atoms with Crippen LogP contribution in [0, 0.1) is 0 Å². The minimum Gasteiger partial charge on any atom is -0.329 e. The Morgan fingerprint density at radius 2 is 1.95 bits per heavy atom. The van der Waals surface area contributed by atoms with E-state index in [2.05, 4.69) is 25.1 Å². The van der Waals surface area contributed by atoms with E-state index in [1.165, 1.54) is 21.9 Å². The smallest absolute Gasteiger partial charge is 0.329 e. The van der Waals surface area contributed by atoms with Crippen LogP contribution in [0.25, 0.3) is 23.0 Å². The molecule has 194 valence electrons. The van der Waals surface area contributed by atoms with Gasteiger partial charge in [0.05, 0.1) is 24.3 Å². The van der Waals surface area contributed by atoms with Crippen molar-refractivity contribution in [3.63, 3.8) is 0 Å². The molecule has 10 nitrogen and oxygen atoms in total. The maximum absolute atomic E-state index is 13.1. The number of pyridine rings is 1. The van der Waals surface area contributed by atoms with Gasteiger partial charge in [0.25, 0.3) is 0 Å². The average molecular weight is 534 g/mol. The molecule has 0 saturated heterocycles. The minimum absolute atomic E-state index is 0.0286.